The van der Waals surface area contributed by atoms with Crippen LogP contribution < -0.4 is 4.74 Å². The summed E-state index contributed by atoms with van der Waals surface area (Å²) in [7, 11) is -4.38. The molecule has 3 aromatic rings. The van der Waals surface area contributed by atoms with Crippen LogP contribution in [0.3, 0.4) is 0 Å². The summed E-state index contributed by atoms with van der Waals surface area (Å²) < 4.78 is 40.1. The first-order chi connectivity index (χ1) is 24.7. The van der Waals surface area contributed by atoms with Crippen LogP contribution in [0.15, 0.2) is 47.1 Å². The lowest BCUT2D eigenvalue weighted by atomic mass is 9.81. The van der Waals surface area contributed by atoms with Gasteiger partial charge >= 0.3 is 5.97 Å². The molecular formula is C44H68O7Si2. The molecule has 3 heterocycles. The zero-order valence-electron chi connectivity index (χ0n) is 35.2. The normalized spacial score (nSPS) is 23.2. The van der Waals surface area contributed by atoms with Gasteiger partial charge in [0.15, 0.2) is 16.6 Å². The van der Waals surface area contributed by atoms with E-state index in [1.54, 1.807) is 0 Å². The standard InChI is InChI=1S/C44H68O7Si2/c1-15-20-32(36-25-38(51-53(13,14)43(8,9)10)44(41(45)49-36)37(16-2)50-44)34-27-47-40-33(34)24-31(23-29(3)4)39(46-26-30-21-18-17-19-22-30)35(40)28-48-52(11,12)42(5,6)7/h17-19,21-22,24,27,29,32,36-38H,15-16,20,23,25-26,28H2,1-14H3/t32?,36-,37?,38+,44?/m0/s1. The predicted octanol–water partition coefficient (Wildman–Crippen LogP) is 11.9. The lowest BCUT2D eigenvalue weighted by Crippen LogP contribution is -2.57. The van der Waals surface area contributed by atoms with E-state index in [0.717, 1.165) is 64.7 Å². The highest BCUT2D eigenvalue weighted by Crippen LogP contribution is 2.53. The zero-order chi connectivity index (χ0) is 39.1. The van der Waals surface area contributed by atoms with Gasteiger partial charge in [-0.05, 0) is 78.6 Å². The minimum absolute atomic E-state index is 0.0127. The largest absolute Gasteiger partial charge is 0.488 e. The molecule has 5 atom stereocenters. The number of hydrogen-bond donors (Lipinski definition) is 0. The number of fused-ring (bicyclic) bond motifs is 1. The molecule has 0 aliphatic carbocycles. The zero-order valence-corrected chi connectivity index (χ0v) is 37.2. The van der Waals surface area contributed by atoms with Crippen LogP contribution in [0, 0.1) is 5.92 Å². The van der Waals surface area contributed by atoms with Gasteiger partial charge in [-0.2, -0.15) is 0 Å². The van der Waals surface area contributed by atoms with Gasteiger partial charge in [0, 0.05) is 23.3 Å². The van der Waals surface area contributed by atoms with Gasteiger partial charge in [-0.3, -0.25) is 0 Å². The van der Waals surface area contributed by atoms with Crippen molar-refractivity contribution in [1.29, 1.82) is 0 Å². The van der Waals surface area contributed by atoms with Gasteiger partial charge in [0.1, 0.15) is 30.1 Å². The number of furan rings is 1. The average molecular weight is 765 g/mol. The first-order valence-corrected chi connectivity index (χ1v) is 25.9. The number of epoxide rings is 1. The molecule has 7 nitrogen and oxygen atoms in total. The number of ether oxygens (including phenoxy) is 3. The summed E-state index contributed by atoms with van der Waals surface area (Å²) in [6.45, 7) is 32.2. The van der Waals surface area contributed by atoms with E-state index in [9.17, 15) is 4.79 Å². The van der Waals surface area contributed by atoms with E-state index in [0.29, 0.717) is 25.6 Å². The van der Waals surface area contributed by atoms with Crippen molar-refractivity contribution in [2.75, 3.05) is 0 Å². The van der Waals surface area contributed by atoms with E-state index in [1.807, 2.05) is 24.5 Å². The molecule has 53 heavy (non-hydrogen) atoms. The van der Waals surface area contributed by atoms with Crippen LogP contribution in [0.1, 0.15) is 123 Å². The molecule has 0 amide bonds. The lowest BCUT2D eigenvalue weighted by molar-refractivity contribution is -0.173. The van der Waals surface area contributed by atoms with E-state index in [2.05, 4.69) is 114 Å². The Balaban J connectivity index is 1.61. The first kappa shape index (κ1) is 41.7. The third-order valence-corrected chi connectivity index (χ3v) is 21.5. The summed E-state index contributed by atoms with van der Waals surface area (Å²) in [6.07, 6.45) is 4.93. The topological polar surface area (TPSA) is 79.7 Å². The van der Waals surface area contributed by atoms with Crippen LogP contribution in [0.5, 0.6) is 5.75 Å². The van der Waals surface area contributed by atoms with Crippen molar-refractivity contribution in [3.63, 3.8) is 0 Å². The third kappa shape index (κ3) is 8.54. The predicted molar refractivity (Wildman–Crippen MR) is 220 cm³/mol. The molecule has 2 aliphatic heterocycles. The van der Waals surface area contributed by atoms with Crippen LogP contribution >= 0.6 is 0 Å². The first-order valence-electron chi connectivity index (χ1n) is 20.1. The average Bonchev–Trinajstić information content (AvgIpc) is 3.66. The van der Waals surface area contributed by atoms with Gasteiger partial charge in [-0.25, -0.2) is 4.79 Å². The molecule has 2 aromatic carbocycles. The Morgan fingerprint density at radius 3 is 2.17 bits per heavy atom. The van der Waals surface area contributed by atoms with Gasteiger partial charge in [-0.1, -0.05) is 106 Å². The molecule has 1 aromatic heterocycles. The fourth-order valence-corrected chi connectivity index (χ4v) is 9.58. The van der Waals surface area contributed by atoms with Crippen molar-refractivity contribution in [2.45, 2.75) is 181 Å². The van der Waals surface area contributed by atoms with Crippen LogP contribution in [0.2, 0.25) is 36.3 Å². The highest BCUT2D eigenvalue weighted by atomic mass is 28.4. The van der Waals surface area contributed by atoms with Gasteiger partial charge in [0.25, 0.3) is 0 Å². The van der Waals surface area contributed by atoms with Gasteiger partial charge in [-0.15, -0.1) is 0 Å². The quantitative estimate of drug-likeness (QED) is 0.0866. The molecule has 5 rings (SSSR count). The minimum Gasteiger partial charge on any atom is -0.488 e. The molecule has 0 N–H and O–H groups in total. The molecule has 2 fully saturated rings. The van der Waals surface area contributed by atoms with E-state index in [4.69, 9.17) is 27.5 Å². The maximum absolute atomic E-state index is 14.1. The molecule has 3 unspecified atom stereocenters. The highest BCUT2D eigenvalue weighted by Gasteiger charge is 2.71. The second-order valence-corrected chi connectivity index (χ2v) is 28.6. The van der Waals surface area contributed by atoms with Crippen LogP contribution in [-0.4, -0.2) is 46.5 Å². The molecule has 9 heteroatoms. The number of hydrogen-bond acceptors (Lipinski definition) is 7. The SMILES string of the molecule is CCCC(c1coc2c(CO[Si](C)(C)C(C)(C)C)c(OCc3ccccc3)c(CC(C)C)cc12)[C@@H]1C[C@@H](O[Si](C)(C)C(C)(C)C)C2(OC2CC)C(=O)O1. The third-order valence-electron chi connectivity index (χ3n) is 12.6. The molecule has 0 saturated carbocycles. The fourth-order valence-electron chi connectivity index (χ4n) is 7.30. The number of carbonyl (C=O) groups is 1. The Bertz CT molecular complexity index is 1720. The summed E-state index contributed by atoms with van der Waals surface area (Å²) in [5.74, 6) is 0.895. The fraction of sp³-hybridized carbons (Fsp3) is 0.659. The van der Waals surface area contributed by atoms with Gasteiger partial charge in [0.2, 0.25) is 5.60 Å². The summed E-state index contributed by atoms with van der Waals surface area (Å²) >= 11 is 0. The van der Waals surface area contributed by atoms with E-state index in [-0.39, 0.29) is 40.3 Å². The molecule has 0 bridgehead atoms. The Morgan fingerprint density at radius 1 is 0.943 bits per heavy atom. The maximum atomic E-state index is 14.1. The second kappa shape index (κ2) is 15.6. The van der Waals surface area contributed by atoms with Crippen LogP contribution in [-0.2, 0) is 42.8 Å². The molecule has 294 valence electrons. The monoisotopic (exact) mass is 764 g/mol. The van der Waals surface area contributed by atoms with Crippen LogP contribution in [0.25, 0.3) is 11.0 Å². The lowest BCUT2D eigenvalue weighted by Gasteiger charge is -2.44. The number of cyclic esters (lactones) is 1. The second-order valence-electron chi connectivity index (χ2n) is 19.1. The Hall–Kier alpha value is -2.44. The van der Waals surface area contributed by atoms with Gasteiger partial charge < -0.3 is 27.5 Å². The highest BCUT2D eigenvalue weighted by molar-refractivity contribution is 6.74. The molecule has 0 radical (unpaired) electrons. The number of benzene rings is 2. The molecule has 2 saturated heterocycles. The van der Waals surface area contributed by atoms with Crippen molar-refractivity contribution in [3.8, 4) is 5.75 Å². The van der Waals surface area contributed by atoms with Crippen molar-refractivity contribution in [2.24, 2.45) is 5.92 Å². The van der Waals surface area contributed by atoms with E-state index < -0.39 is 22.2 Å². The Labute approximate surface area is 322 Å². The summed E-state index contributed by atoms with van der Waals surface area (Å²) in [6, 6.07) is 12.6. The van der Waals surface area contributed by atoms with Crippen molar-refractivity contribution >= 4 is 33.6 Å². The molecular weight excluding hydrogens is 697 g/mol. The van der Waals surface area contributed by atoms with E-state index >= 15 is 0 Å². The van der Waals surface area contributed by atoms with Crippen molar-refractivity contribution < 1.29 is 32.3 Å². The van der Waals surface area contributed by atoms with Crippen molar-refractivity contribution in [1.82, 2.24) is 0 Å². The molecule has 2 aliphatic rings. The van der Waals surface area contributed by atoms with Crippen LogP contribution in [0.4, 0.5) is 0 Å². The number of carbonyl (C=O) groups excluding carboxylic acids is 1. The number of rotatable bonds is 15. The maximum Gasteiger partial charge on any atom is 0.344 e. The van der Waals surface area contributed by atoms with Gasteiger partial charge in [0.05, 0.1) is 24.5 Å². The Kier molecular flexibility index (Phi) is 12.3. The summed E-state index contributed by atoms with van der Waals surface area (Å²) in [5, 5.41) is 1.08. The number of esters is 1. The smallest absolute Gasteiger partial charge is 0.344 e. The summed E-state index contributed by atoms with van der Waals surface area (Å²) in [4.78, 5) is 14.1. The summed E-state index contributed by atoms with van der Waals surface area (Å²) in [5.41, 5.74) is 4.05. The Morgan fingerprint density at radius 2 is 1.60 bits per heavy atom. The van der Waals surface area contributed by atoms with E-state index in [1.165, 1.54) is 0 Å². The minimum atomic E-state index is -2.24. The van der Waals surface area contributed by atoms with Crippen molar-refractivity contribution in [3.05, 3.63) is 64.9 Å². The molecule has 1 spiro atoms.